The maximum atomic E-state index is 8.30. The molecule has 0 amide bonds. The molecule has 0 rings (SSSR count). The molecule has 18 N–H and O–H groups in total. The second-order valence-corrected chi connectivity index (χ2v) is 9.69. The van der Waals surface area contributed by atoms with Gasteiger partial charge in [-0.05, 0) is 39.0 Å². The molecule has 0 spiro atoms. The summed E-state index contributed by atoms with van der Waals surface area (Å²) in [6.07, 6.45) is 17.0. The Morgan fingerprint density at radius 2 is 0.545 bits per heavy atom. The first kappa shape index (κ1) is 46.6. The number of rotatable bonds is 20. The van der Waals surface area contributed by atoms with Gasteiger partial charge in [-0.2, -0.15) is 0 Å². The normalized spacial score (nSPS) is 12.7. The van der Waals surface area contributed by atoms with Gasteiger partial charge in [0.1, 0.15) is 35.0 Å². The summed E-state index contributed by atoms with van der Waals surface area (Å²) in [6.45, 7) is 3.68. The van der Waals surface area contributed by atoms with Crippen LogP contribution in [0.1, 0.15) is 129 Å². The van der Waals surface area contributed by atoms with Gasteiger partial charge in [0, 0.05) is 32.1 Å². The van der Waals surface area contributed by atoms with Gasteiger partial charge in [-0.1, -0.05) is 89.2 Å². The van der Waals surface area contributed by atoms with Crippen LogP contribution >= 0.6 is 0 Å². The topological polar surface area (TPSA) is 352 Å². The van der Waals surface area contributed by atoms with Crippen molar-refractivity contribution in [2.24, 2.45) is 65.3 Å². The Kier molecular flexibility index (Phi) is 40.9. The van der Waals surface area contributed by atoms with Gasteiger partial charge in [0.2, 0.25) is 0 Å². The lowest BCUT2D eigenvalue weighted by molar-refractivity contribution is 0.315. The third-order valence-corrected chi connectivity index (χ3v) is 5.57. The highest BCUT2D eigenvalue weighted by molar-refractivity contribution is 5.81. The molecule has 0 saturated heterocycles. The highest BCUT2D eigenvalue weighted by Crippen LogP contribution is 2.08. The number of nitrogens with zero attached hydrogens (tertiary/aromatic N) is 6. The fraction of sp³-hybridized carbons (Fsp3) is 0.769. The monoisotopic (exact) mass is 636 g/mol. The predicted molar refractivity (Wildman–Crippen MR) is 175 cm³/mol. The molecule has 0 saturated carbocycles. The molecule has 0 aromatic rings. The summed E-state index contributed by atoms with van der Waals surface area (Å²) in [7, 11) is 0. The third-order valence-electron chi connectivity index (χ3n) is 5.57. The van der Waals surface area contributed by atoms with Crippen molar-refractivity contribution in [2.45, 2.75) is 129 Å². The number of unbranched alkanes of at least 4 members (excludes halogenated alkanes) is 10. The first-order chi connectivity index (χ1) is 21.0. The maximum absolute atomic E-state index is 8.30. The van der Waals surface area contributed by atoms with E-state index in [1.807, 2.05) is 0 Å². The summed E-state index contributed by atoms with van der Waals surface area (Å²) in [6, 6.07) is 0. The van der Waals surface area contributed by atoms with Gasteiger partial charge in [-0.25, -0.2) is 0 Å². The first-order valence-corrected chi connectivity index (χ1v) is 14.7. The second kappa shape index (κ2) is 38.6. The number of amidine groups is 6. The van der Waals surface area contributed by atoms with E-state index < -0.39 is 0 Å². The van der Waals surface area contributed by atoms with Crippen molar-refractivity contribution in [3.8, 4) is 0 Å². The van der Waals surface area contributed by atoms with E-state index in [-0.39, 0.29) is 17.5 Å². The lowest BCUT2D eigenvalue weighted by atomic mass is 10.1. The van der Waals surface area contributed by atoms with Gasteiger partial charge >= 0.3 is 0 Å². The summed E-state index contributed by atoms with van der Waals surface area (Å²) in [5.41, 5.74) is 31.2. The predicted octanol–water partition coefficient (Wildman–Crippen LogP) is 3.49. The van der Waals surface area contributed by atoms with Gasteiger partial charge in [0.25, 0.3) is 0 Å². The number of nitrogens with two attached hydrogens (primary N) is 6. The van der Waals surface area contributed by atoms with E-state index in [2.05, 4.69) is 37.9 Å². The van der Waals surface area contributed by atoms with Crippen molar-refractivity contribution < 1.29 is 31.2 Å². The molecule has 260 valence electrons. The Morgan fingerprint density at radius 1 is 0.364 bits per heavy atom. The molecule has 18 nitrogen and oxygen atoms in total. The van der Waals surface area contributed by atoms with E-state index in [0.29, 0.717) is 43.2 Å². The van der Waals surface area contributed by atoms with Gasteiger partial charge in [-0.15, -0.1) is 0 Å². The SMILES string of the molecule is C/C(N)=N/O.CCCCCCC/C(N)=N/O.N/C(CCCC/C(N)=N\O)=N\O.N/C(CCCCCCCC/C(N)=N\O)=N\O. The molecule has 0 bridgehead atoms. The van der Waals surface area contributed by atoms with Crippen molar-refractivity contribution in [3.63, 3.8) is 0 Å². The quantitative estimate of drug-likeness (QED) is 0.0300. The Bertz CT molecular complexity index is 773. The molecule has 18 heteroatoms. The minimum Gasteiger partial charge on any atom is -0.409 e. The standard InChI is InChI=1S/C10H22N4O2.C8H18N2O.C6H14N4O2.C2H6N2O/c11-9(13-15)7-5-3-1-2-4-6-8-10(12)14-16;1-2-3-4-5-6-7-8(9)10-11;7-5(9-11)3-1-2-4-6(8)10-12;1-2(3)4-5/h15-16H,1-8H2,(H2,11,13)(H2,12,14);11H,2-7H2,1H3,(H2,9,10);11-12H,1-4H2,(H2,7,9)(H2,8,10);5H,1H3,(H2,3,4). The Balaban J connectivity index is -0.000000257. The van der Waals surface area contributed by atoms with E-state index in [0.717, 1.165) is 64.2 Å². The Labute approximate surface area is 261 Å². The van der Waals surface area contributed by atoms with E-state index in [9.17, 15) is 0 Å². The lowest BCUT2D eigenvalue weighted by Gasteiger charge is -2.01. The molecule has 0 aliphatic heterocycles. The molecular formula is C26H60N12O6. The average Bonchev–Trinajstić information content (AvgIpc) is 3.04. The van der Waals surface area contributed by atoms with E-state index in [1.54, 1.807) is 0 Å². The third kappa shape index (κ3) is 47.4. The van der Waals surface area contributed by atoms with Gasteiger partial charge < -0.3 is 65.6 Å². The zero-order valence-electron chi connectivity index (χ0n) is 26.6. The molecule has 0 heterocycles. The molecule has 0 atom stereocenters. The molecule has 0 fully saturated rings. The summed E-state index contributed by atoms with van der Waals surface area (Å²) in [4.78, 5) is 0. The van der Waals surface area contributed by atoms with Gasteiger partial charge in [-0.3, -0.25) is 0 Å². The van der Waals surface area contributed by atoms with Crippen molar-refractivity contribution >= 4 is 35.0 Å². The Hall–Kier alpha value is -4.38. The number of oxime groups is 6. The Morgan fingerprint density at radius 3 is 0.727 bits per heavy atom. The van der Waals surface area contributed by atoms with Crippen LogP contribution in [0.2, 0.25) is 0 Å². The molecule has 0 aliphatic carbocycles. The van der Waals surface area contributed by atoms with Crippen LogP contribution in [0.4, 0.5) is 0 Å². The fourth-order valence-electron chi connectivity index (χ4n) is 3.09. The zero-order valence-corrected chi connectivity index (χ0v) is 26.6. The molecule has 0 radical (unpaired) electrons. The maximum Gasteiger partial charge on any atom is 0.139 e. The van der Waals surface area contributed by atoms with Crippen molar-refractivity contribution in [1.82, 2.24) is 0 Å². The summed E-state index contributed by atoms with van der Waals surface area (Å²) in [5, 5.41) is 65.7. The molecule has 0 aromatic carbocycles. The average molecular weight is 637 g/mol. The lowest BCUT2D eigenvalue weighted by Crippen LogP contribution is -2.13. The fourth-order valence-corrected chi connectivity index (χ4v) is 3.09. The number of hydrogen-bond acceptors (Lipinski definition) is 12. The highest BCUT2D eigenvalue weighted by atomic mass is 16.4. The van der Waals surface area contributed by atoms with E-state index >= 15 is 0 Å². The van der Waals surface area contributed by atoms with Crippen molar-refractivity contribution in [3.05, 3.63) is 0 Å². The van der Waals surface area contributed by atoms with Crippen molar-refractivity contribution in [1.29, 1.82) is 0 Å². The molecule has 0 aromatic heterocycles. The molecular weight excluding hydrogens is 576 g/mol. The summed E-state index contributed by atoms with van der Waals surface area (Å²) >= 11 is 0. The first-order valence-electron chi connectivity index (χ1n) is 14.7. The van der Waals surface area contributed by atoms with Crippen LogP contribution in [0.3, 0.4) is 0 Å². The smallest absolute Gasteiger partial charge is 0.139 e. The minimum absolute atomic E-state index is 0.185. The summed E-state index contributed by atoms with van der Waals surface area (Å²) < 4.78 is 0. The largest absolute Gasteiger partial charge is 0.409 e. The van der Waals surface area contributed by atoms with Crippen LogP contribution in [0.15, 0.2) is 30.9 Å². The highest BCUT2D eigenvalue weighted by Gasteiger charge is 1.97. The van der Waals surface area contributed by atoms with E-state index in [4.69, 9.17) is 65.6 Å². The number of hydrogen-bond donors (Lipinski definition) is 12. The minimum atomic E-state index is 0.185. The van der Waals surface area contributed by atoms with Gasteiger partial charge in [0.05, 0.1) is 0 Å². The second-order valence-electron chi connectivity index (χ2n) is 9.69. The van der Waals surface area contributed by atoms with Crippen LogP contribution in [-0.2, 0) is 0 Å². The van der Waals surface area contributed by atoms with Crippen LogP contribution in [0.25, 0.3) is 0 Å². The van der Waals surface area contributed by atoms with Crippen LogP contribution in [0, 0.1) is 0 Å². The van der Waals surface area contributed by atoms with E-state index in [1.165, 1.54) is 32.6 Å². The van der Waals surface area contributed by atoms with Crippen LogP contribution in [0.5, 0.6) is 0 Å². The van der Waals surface area contributed by atoms with Crippen molar-refractivity contribution in [2.75, 3.05) is 0 Å². The molecule has 0 aliphatic rings. The molecule has 0 unspecified atom stereocenters. The molecule has 44 heavy (non-hydrogen) atoms. The van der Waals surface area contributed by atoms with Gasteiger partial charge in [0.15, 0.2) is 0 Å². The van der Waals surface area contributed by atoms with Crippen LogP contribution < -0.4 is 34.4 Å². The zero-order chi connectivity index (χ0) is 34.4. The van der Waals surface area contributed by atoms with Crippen LogP contribution in [-0.4, -0.2) is 66.3 Å². The summed E-state index contributed by atoms with van der Waals surface area (Å²) in [5.74, 6) is 1.54.